The van der Waals surface area contributed by atoms with E-state index in [9.17, 15) is 14.7 Å². The normalized spacial score (nSPS) is 10.8. The molecule has 29 heavy (non-hydrogen) atoms. The van der Waals surface area contributed by atoms with E-state index in [1.807, 2.05) is 54.6 Å². The predicted octanol–water partition coefficient (Wildman–Crippen LogP) is 3.54. The standard InChI is InChI=1S/C23H18N2O4/c26-21-20(16-6-2-1-3-7-16)18-8-4-5-9-19(18)25(23(21)28)14-15-10-12-17(13-11-15)22(27)24-29/h1-13,26,29H,14H2,(H,24,27). The Bertz CT molecular complexity index is 1250. The number of rotatable bonds is 4. The van der Waals surface area contributed by atoms with Crippen molar-refractivity contribution in [2.45, 2.75) is 6.54 Å². The number of carbonyl (C=O) groups excluding carboxylic acids is 1. The van der Waals surface area contributed by atoms with Gasteiger partial charge in [0.25, 0.3) is 11.5 Å². The Hall–Kier alpha value is -3.90. The SMILES string of the molecule is O=C(NO)c1ccc(Cn2c(=O)c(O)c(-c3ccccc3)c3ccccc32)cc1. The maximum absolute atomic E-state index is 13.0. The third-order valence-corrected chi connectivity index (χ3v) is 4.87. The van der Waals surface area contributed by atoms with Crippen molar-refractivity contribution >= 4 is 16.8 Å². The summed E-state index contributed by atoms with van der Waals surface area (Å²) in [5.74, 6) is -0.907. The molecule has 3 aromatic carbocycles. The maximum Gasteiger partial charge on any atom is 0.294 e. The lowest BCUT2D eigenvalue weighted by Gasteiger charge is -2.16. The van der Waals surface area contributed by atoms with Crippen LogP contribution < -0.4 is 11.0 Å². The van der Waals surface area contributed by atoms with Gasteiger partial charge in [0.1, 0.15) is 0 Å². The highest BCUT2D eigenvalue weighted by Gasteiger charge is 2.17. The van der Waals surface area contributed by atoms with Crippen LogP contribution in [0.1, 0.15) is 15.9 Å². The molecule has 0 radical (unpaired) electrons. The molecule has 4 rings (SSSR count). The van der Waals surface area contributed by atoms with Gasteiger partial charge >= 0.3 is 0 Å². The van der Waals surface area contributed by atoms with E-state index in [4.69, 9.17) is 5.21 Å². The molecule has 0 bridgehead atoms. The van der Waals surface area contributed by atoms with Gasteiger partial charge in [-0.25, -0.2) is 5.48 Å². The van der Waals surface area contributed by atoms with Gasteiger partial charge in [0, 0.05) is 16.5 Å². The third kappa shape index (κ3) is 3.37. The van der Waals surface area contributed by atoms with Gasteiger partial charge in [0.2, 0.25) is 0 Å². The Kier molecular flexibility index (Phi) is 4.85. The zero-order valence-electron chi connectivity index (χ0n) is 15.4. The van der Waals surface area contributed by atoms with Gasteiger partial charge in [-0.05, 0) is 29.3 Å². The van der Waals surface area contributed by atoms with Gasteiger partial charge in [-0.2, -0.15) is 0 Å². The van der Waals surface area contributed by atoms with E-state index in [1.165, 1.54) is 4.57 Å². The number of aromatic hydroxyl groups is 1. The summed E-state index contributed by atoms with van der Waals surface area (Å²) >= 11 is 0. The zero-order valence-corrected chi connectivity index (χ0v) is 15.4. The Morgan fingerprint density at radius 2 is 1.55 bits per heavy atom. The molecule has 6 heteroatoms. The van der Waals surface area contributed by atoms with Crippen LogP contribution in [0.3, 0.4) is 0 Å². The fourth-order valence-corrected chi connectivity index (χ4v) is 3.45. The summed E-state index contributed by atoms with van der Waals surface area (Å²) in [4.78, 5) is 24.5. The first kappa shape index (κ1) is 18.5. The molecule has 4 aromatic rings. The number of pyridine rings is 1. The minimum Gasteiger partial charge on any atom is -0.503 e. The summed E-state index contributed by atoms with van der Waals surface area (Å²) in [5.41, 5.74) is 4.16. The third-order valence-electron chi connectivity index (χ3n) is 4.87. The van der Waals surface area contributed by atoms with Crippen LogP contribution in [0.25, 0.3) is 22.0 Å². The molecule has 0 saturated carbocycles. The molecule has 1 amide bonds. The molecule has 0 aliphatic rings. The van der Waals surface area contributed by atoms with Gasteiger partial charge in [-0.15, -0.1) is 0 Å². The van der Waals surface area contributed by atoms with Crippen molar-refractivity contribution in [1.82, 2.24) is 10.0 Å². The largest absolute Gasteiger partial charge is 0.503 e. The van der Waals surface area contributed by atoms with Gasteiger partial charge in [-0.1, -0.05) is 60.7 Å². The number of carbonyl (C=O) groups is 1. The maximum atomic E-state index is 13.0. The van der Waals surface area contributed by atoms with Gasteiger partial charge in [-0.3, -0.25) is 14.8 Å². The highest BCUT2D eigenvalue weighted by atomic mass is 16.5. The van der Waals surface area contributed by atoms with Crippen LogP contribution in [0, 0.1) is 0 Å². The first-order valence-electron chi connectivity index (χ1n) is 9.03. The molecule has 0 atom stereocenters. The summed E-state index contributed by atoms with van der Waals surface area (Å²) < 4.78 is 1.51. The van der Waals surface area contributed by atoms with E-state index >= 15 is 0 Å². The first-order valence-corrected chi connectivity index (χ1v) is 9.03. The Balaban J connectivity index is 1.85. The number of amides is 1. The lowest BCUT2D eigenvalue weighted by Crippen LogP contribution is -2.22. The van der Waals surface area contributed by atoms with E-state index in [2.05, 4.69) is 0 Å². The van der Waals surface area contributed by atoms with Gasteiger partial charge < -0.3 is 9.67 Å². The second kappa shape index (κ2) is 7.61. The molecule has 0 unspecified atom stereocenters. The van der Waals surface area contributed by atoms with E-state index in [0.29, 0.717) is 16.6 Å². The average molecular weight is 386 g/mol. The minimum atomic E-state index is -0.607. The van der Waals surface area contributed by atoms with E-state index in [0.717, 1.165) is 16.5 Å². The van der Waals surface area contributed by atoms with Crippen LogP contribution in [0.4, 0.5) is 0 Å². The van der Waals surface area contributed by atoms with Gasteiger partial charge in [0.05, 0.1) is 12.1 Å². The van der Waals surface area contributed by atoms with Crippen molar-refractivity contribution in [3.63, 3.8) is 0 Å². The lowest BCUT2D eigenvalue weighted by molar-refractivity contribution is 0.0706. The van der Waals surface area contributed by atoms with E-state index < -0.39 is 11.5 Å². The number of hydrogen-bond donors (Lipinski definition) is 3. The highest BCUT2D eigenvalue weighted by Crippen LogP contribution is 2.33. The molecular weight excluding hydrogens is 368 g/mol. The Morgan fingerprint density at radius 3 is 2.24 bits per heavy atom. The number of nitrogens with zero attached hydrogens (tertiary/aromatic N) is 1. The summed E-state index contributed by atoms with van der Waals surface area (Å²) in [7, 11) is 0. The first-order chi connectivity index (χ1) is 14.1. The van der Waals surface area contributed by atoms with Crippen molar-refractivity contribution < 1.29 is 15.1 Å². The van der Waals surface area contributed by atoms with Crippen molar-refractivity contribution in [3.05, 3.63) is 100 Å². The molecule has 0 fully saturated rings. The van der Waals surface area contributed by atoms with Crippen molar-refractivity contribution in [2.24, 2.45) is 0 Å². The van der Waals surface area contributed by atoms with Crippen molar-refractivity contribution in [1.29, 1.82) is 0 Å². The molecular formula is C23H18N2O4. The smallest absolute Gasteiger partial charge is 0.294 e. The summed E-state index contributed by atoms with van der Waals surface area (Å²) in [6, 6.07) is 23.3. The molecule has 1 aromatic heterocycles. The molecule has 0 spiro atoms. The van der Waals surface area contributed by atoms with Crippen molar-refractivity contribution in [2.75, 3.05) is 0 Å². The number of hydrogen-bond acceptors (Lipinski definition) is 4. The number of hydroxylamine groups is 1. The topological polar surface area (TPSA) is 91.6 Å². The molecule has 1 heterocycles. The van der Waals surface area contributed by atoms with Crippen LogP contribution >= 0.6 is 0 Å². The van der Waals surface area contributed by atoms with Gasteiger partial charge in [0.15, 0.2) is 5.75 Å². The van der Waals surface area contributed by atoms with E-state index in [1.54, 1.807) is 29.7 Å². The summed E-state index contributed by atoms with van der Waals surface area (Å²) in [6.07, 6.45) is 0. The van der Waals surface area contributed by atoms with Crippen LogP contribution in [0.5, 0.6) is 5.75 Å². The lowest BCUT2D eigenvalue weighted by atomic mass is 9.99. The quantitative estimate of drug-likeness (QED) is 0.370. The second-order valence-electron chi connectivity index (χ2n) is 6.64. The number of fused-ring (bicyclic) bond motifs is 1. The highest BCUT2D eigenvalue weighted by molar-refractivity contribution is 5.97. The molecule has 144 valence electrons. The van der Waals surface area contributed by atoms with Crippen LogP contribution in [0.2, 0.25) is 0 Å². The van der Waals surface area contributed by atoms with Crippen molar-refractivity contribution in [3.8, 4) is 16.9 Å². The molecule has 0 saturated heterocycles. The second-order valence-corrected chi connectivity index (χ2v) is 6.64. The fraction of sp³-hybridized carbons (Fsp3) is 0.0435. The number of para-hydroxylation sites is 1. The Labute approximate surface area is 166 Å². The number of nitrogens with one attached hydrogen (secondary N) is 1. The Morgan fingerprint density at radius 1 is 0.897 bits per heavy atom. The predicted molar refractivity (Wildman–Crippen MR) is 110 cm³/mol. The molecule has 0 aliphatic carbocycles. The number of benzene rings is 3. The minimum absolute atomic E-state index is 0.225. The van der Waals surface area contributed by atoms with Crippen LogP contribution in [-0.4, -0.2) is 20.8 Å². The summed E-state index contributed by atoms with van der Waals surface area (Å²) in [6.45, 7) is 0.225. The fourth-order valence-electron chi connectivity index (χ4n) is 3.45. The monoisotopic (exact) mass is 386 g/mol. The van der Waals surface area contributed by atoms with E-state index in [-0.39, 0.29) is 12.3 Å². The molecule has 6 nitrogen and oxygen atoms in total. The zero-order chi connectivity index (χ0) is 20.4. The van der Waals surface area contributed by atoms with Crippen LogP contribution in [-0.2, 0) is 6.54 Å². The average Bonchev–Trinajstić information content (AvgIpc) is 2.77. The van der Waals surface area contributed by atoms with Crippen LogP contribution in [0.15, 0.2) is 83.7 Å². The number of aromatic nitrogens is 1. The molecule has 0 aliphatic heterocycles. The summed E-state index contributed by atoms with van der Waals surface area (Å²) in [5, 5.41) is 20.2. The molecule has 3 N–H and O–H groups in total.